The third-order valence-electron chi connectivity index (χ3n) is 3.71. The summed E-state index contributed by atoms with van der Waals surface area (Å²) in [7, 11) is 0. The van der Waals surface area contributed by atoms with Crippen LogP contribution in [0.3, 0.4) is 0 Å². The van der Waals surface area contributed by atoms with Gasteiger partial charge in [-0.2, -0.15) is 9.37 Å². The van der Waals surface area contributed by atoms with E-state index in [1.165, 1.54) is 6.92 Å². The molecule has 9 nitrogen and oxygen atoms in total. The first-order valence-electron chi connectivity index (χ1n) is 6.25. The number of nitrogen functional groups attached to an aromatic ring is 1. The fourth-order valence-corrected chi connectivity index (χ4v) is 2.44. The number of hydrogen-bond donors (Lipinski definition) is 4. The van der Waals surface area contributed by atoms with Gasteiger partial charge in [-0.25, -0.2) is 13.9 Å². The Morgan fingerprint density at radius 3 is 2.82 bits per heavy atom. The number of rotatable bonds is 2. The number of ether oxygens (including phenoxy) is 1. The van der Waals surface area contributed by atoms with Crippen LogP contribution in [0.4, 0.5) is 14.6 Å². The number of anilines is 1. The van der Waals surface area contributed by atoms with Crippen molar-refractivity contribution in [2.75, 3.05) is 12.3 Å². The maximum atomic E-state index is 14.4. The molecule has 2 aromatic rings. The van der Waals surface area contributed by atoms with Gasteiger partial charge < -0.3 is 25.8 Å². The third-order valence-corrected chi connectivity index (χ3v) is 3.71. The average Bonchev–Trinajstić information content (AvgIpc) is 2.95. The smallest absolute Gasteiger partial charge is 0.328 e. The van der Waals surface area contributed by atoms with Gasteiger partial charge in [-0.3, -0.25) is 0 Å². The Morgan fingerprint density at radius 1 is 1.55 bits per heavy atom. The van der Waals surface area contributed by atoms with E-state index in [9.17, 15) is 24.1 Å². The van der Waals surface area contributed by atoms with Crippen LogP contribution in [0.25, 0.3) is 5.65 Å². The zero-order valence-corrected chi connectivity index (χ0v) is 11.3. The van der Waals surface area contributed by atoms with E-state index in [0.717, 1.165) is 10.7 Å². The lowest BCUT2D eigenvalue weighted by Crippen LogP contribution is -2.42. The van der Waals surface area contributed by atoms with Crippen molar-refractivity contribution in [1.82, 2.24) is 19.6 Å². The zero-order valence-electron chi connectivity index (χ0n) is 11.3. The van der Waals surface area contributed by atoms with Crippen LogP contribution in [0.5, 0.6) is 0 Å². The van der Waals surface area contributed by atoms with E-state index in [-0.39, 0.29) is 17.2 Å². The minimum atomic E-state index is -2.69. The van der Waals surface area contributed by atoms with Gasteiger partial charge in [-0.1, -0.05) is 0 Å². The molecule has 1 fully saturated rings. The van der Waals surface area contributed by atoms with Crippen LogP contribution in [0, 0.1) is 6.08 Å². The largest absolute Gasteiger partial charge is 0.393 e. The van der Waals surface area contributed by atoms with Crippen LogP contribution >= 0.6 is 0 Å². The fraction of sp³-hybridized carbons (Fsp3) is 0.545. The number of imidazole rings is 1. The molecule has 0 aliphatic carbocycles. The first-order valence-corrected chi connectivity index (χ1v) is 6.25. The van der Waals surface area contributed by atoms with E-state index in [1.54, 1.807) is 0 Å². The van der Waals surface area contributed by atoms with E-state index >= 15 is 0 Å². The molecule has 0 saturated carbocycles. The number of alkyl halides is 1. The van der Waals surface area contributed by atoms with Crippen molar-refractivity contribution in [3.63, 3.8) is 0 Å². The van der Waals surface area contributed by atoms with Gasteiger partial charge in [0.05, 0.1) is 12.8 Å². The summed E-state index contributed by atoms with van der Waals surface area (Å²) < 4.78 is 33.6. The molecule has 1 saturated heterocycles. The normalized spacial score (nSPS) is 35.4. The Hall–Kier alpha value is -1.95. The zero-order chi connectivity index (χ0) is 16.3. The van der Waals surface area contributed by atoms with Crippen molar-refractivity contribution in [2.45, 2.75) is 30.6 Å². The molecule has 3 heterocycles. The predicted molar refractivity (Wildman–Crippen MR) is 66.5 cm³/mol. The SMILES string of the molecule is C[C@]1(CO)O[C@@](O)(c2cnc3c(N)nc(F)nn23)[C@H](F)[C@@H]1O. The predicted octanol–water partition coefficient (Wildman–Crippen LogP) is -1.53. The highest BCUT2D eigenvalue weighted by Crippen LogP contribution is 2.44. The third kappa shape index (κ3) is 1.80. The maximum Gasteiger partial charge on any atom is 0.328 e. The molecular formula is C11H13F2N5O4. The van der Waals surface area contributed by atoms with E-state index in [0.29, 0.717) is 0 Å². The summed E-state index contributed by atoms with van der Waals surface area (Å²) >= 11 is 0. The summed E-state index contributed by atoms with van der Waals surface area (Å²) in [6.45, 7) is 0.467. The Labute approximate surface area is 122 Å². The molecule has 1 aliphatic heterocycles. The molecule has 0 spiro atoms. The van der Waals surface area contributed by atoms with Crippen molar-refractivity contribution in [2.24, 2.45) is 0 Å². The lowest BCUT2D eigenvalue weighted by Gasteiger charge is -2.27. The molecule has 2 aromatic heterocycles. The van der Waals surface area contributed by atoms with Crippen LogP contribution in [0.15, 0.2) is 6.20 Å². The van der Waals surface area contributed by atoms with E-state index < -0.39 is 36.3 Å². The van der Waals surface area contributed by atoms with E-state index in [1.807, 2.05) is 0 Å². The number of nitrogens with two attached hydrogens (primary N) is 1. The maximum absolute atomic E-state index is 14.4. The first kappa shape index (κ1) is 15.0. The van der Waals surface area contributed by atoms with Gasteiger partial charge in [0.15, 0.2) is 17.6 Å². The Balaban J connectivity index is 2.19. The standard InChI is InChI=1S/C11H13F2N5O4/c1-10(3-19)6(20)5(12)11(21,22-10)4-2-15-8-7(14)16-9(13)17-18(4)8/h2,5-6,19-21H,3H2,1H3,(H2,14,16,17)/t5-,6+,10-,11+/m1/s1. The molecule has 5 N–H and O–H groups in total. The Morgan fingerprint density at radius 2 is 2.23 bits per heavy atom. The average molecular weight is 317 g/mol. The van der Waals surface area contributed by atoms with Crippen molar-refractivity contribution in [3.05, 3.63) is 18.0 Å². The van der Waals surface area contributed by atoms with Gasteiger partial charge in [0.2, 0.25) is 5.79 Å². The summed E-state index contributed by atoms with van der Waals surface area (Å²) in [5.74, 6) is -3.01. The van der Waals surface area contributed by atoms with Gasteiger partial charge in [0, 0.05) is 0 Å². The summed E-state index contributed by atoms with van der Waals surface area (Å²) in [6.07, 6.45) is -4.39. The minimum Gasteiger partial charge on any atom is -0.393 e. The highest BCUT2D eigenvalue weighted by molar-refractivity contribution is 5.59. The number of aliphatic hydroxyl groups is 3. The van der Waals surface area contributed by atoms with Crippen LogP contribution in [0.2, 0.25) is 0 Å². The topological polar surface area (TPSA) is 139 Å². The molecule has 0 unspecified atom stereocenters. The van der Waals surface area contributed by atoms with Crippen molar-refractivity contribution >= 4 is 11.5 Å². The van der Waals surface area contributed by atoms with Crippen LogP contribution in [0.1, 0.15) is 12.6 Å². The lowest BCUT2D eigenvalue weighted by atomic mass is 9.96. The fourth-order valence-electron chi connectivity index (χ4n) is 2.44. The molecule has 11 heteroatoms. The van der Waals surface area contributed by atoms with Gasteiger partial charge >= 0.3 is 6.08 Å². The molecule has 4 atom stereocenters. The Bertz CT molecular complexity index is 743. The first-order chi connectivity index (χ1) is 10.2. The number of halogens is 2. The molecule has 3 rings (SSSR count). The van der Waals surface area contributed by atoms with E-state index in [4.69, 9.17) is 10.5 Å². The summed E-state index contributed by atoms with van der Waals surface area (Å²) in [5.41, 5.74) is 3.21. The van der Waals surface area contributed by atoms with Gasteiger partial charge in [0.25, 0.3) is 0 Å². The summed E-state index contributed by atoms with van der Waals surface area (Å²) in [6, 6.07) is 0. The molecule has 0 bridgehead atoms. The number of hydrogen-bond acceptors (Lipinski definition) is 8. The van der Waals surface area contributed by atoms with Gasteiger partial charge in [0.1, 0.15) is 17.4 Å². The molecule has 0 radical (unpaired) electrons. The van der Waals surface area contributed by atoms with Crippen LogP contribution in [-0.2, 0) is 10.5 Å². The summed E-state index contributed by atoms with van der Waals surface area (Å²) in [4.78, 5) is 7.03. The van der Waals surface area contributed by atoms with E-state index in [2.05, 4.69) is 15.1 Å². The number of aromatic nitrogens is 4. The second-order valence-corrected chi connectivity index (χ2v) is 5.26. The van der Waals surface area contributed by atoms with Gasteiger partial charge in [-0.05, 0) is 6.92 Å². The molecule has 22 heavy (non-hydrogen) atoms. The number of aliphatic hydroxyl groups excluding tert-OH is 2. The van der Waals surface area contributed by atoms with Crippen molar-refractivity contribution in [3.8, 4) is 0 Å². The molecule has 0 aromatic carbocycles. The monoisotopic (exact) mass is 317 g/mol. The minimum absolute atomic E-state index is 0.118. The number of nitrogens with zero attached hydrogens (tertiary/aromatic N) is 4. The highest BCUT2D eigenvalue weighted by Gasteiger charge is 2.62. The van der Waals surface area contributed by atoms with Crippen LogP contribution in [-0.4, -0.2) is 59.4 Å². The highest BCUT2D eigenvalue weighted by atomic mass is 19.1. The van der Waals surface area contributed by atoms with Gasteiger partial charge in [-0.15, -0.1) is 5.10 Å². The molecule has 0 amide bonds. The molecular weight excluding hydrogens is 304 g/mol. The van der Waals surface area contributed by atoms with Crippen LogP contribution < -0.4 is 5.73 Å². The quantitative estimate of drug-likeness (QED) is 0.523. The lowest BCUT2D eigenvalue weighted by molar-refractivity contribution is -0.254. The second kappa shape index (κ2) is 4.52. The number of fused-ring (bicyclic) bond motifs is 1. The molecule has 1 aliphatic rings. The second-order valence-electron chi connectivity index (χ2n) is 5.26. The Kier molecular flexibility index (Phi) is 3.08. The van der Waals surface area contributed by atoms with Crippen molar-refractivity contribution in [1.29, 1.82) is 0 Å². The van der Waals surface area contributed by atoms with Crippen molar-refractivity contribution < 1.29 is 28.8 Å². The molecule has 120 valence electrons. The summed E-state index contributed by atoms with van der Waals surface area (Å²) in [5, 5.41) is 33.0.